The van der Waals surface area contributed by atoms with E-state index in [4.69, 9.17) is 14.1 Å². The smallest absolute Gasteiger partial charge is 0.337 e. The number of carbonyl (C=O) groups is 1. The minimum Gasteiger partial charge on any atom is -0.469 e. The second-order valence-corrected chi connectivity index (χ2v) is 7.75. The number of H-pyrrole nitrogens is 1. The van der Waals surface area contributed by atoms with Crippen LogP contribution in [0.3, 0.4) is 0 Å². The standard InChI is InChI=1S/C23H22N4O4/c1-14-17(8-10-31-14)20-11-21-24-19-7-9-26(13-18(19)22(28)27(21)25-20)12-15-3-5-16(6-4-15)23(29)30-2/h3-6,8,10-11,25H,7,9,12-13H2,1-2H3. The van der Waals surface area contributed by atoms with Gasteiger partial charge >= 0.3 is 5.97 Å². The summed E-state index contributed by atoms with van der Waals surface area (Å²) in [4.78, 5) is 31.7. The Morgan fingerprint density at radius 2 is 2.06 bits per heavy atom. The number of carbonyl (C=O) groups excluding carboxylic acids is 1. The fraction of sp³-hybridized carbons (Fsp3) is 0.261. The van der Waals surface area contributed by atoms with E-state index in [0.29, 0.717) is 36.3 Å². The molecule has 0 bridgehead atoms. The lowest BCUT2D eigenvalue weighted by Crippen LogP contribution is -2.36. The normalized spacial score (nSPS) is 14.0. The summed E-state index contributed by atoms with van der Waals surface area (Å²) in [7, 11) is 1.37. The van der Waals surface area contributed by atoms with Gasteiger partial charge in [-0.05, 0) is 30.7 Å². The van der Waals surface area contributed by atoms with E-state index < -0.39 is 0 Å². The largest absolute Gasteiger partial charge is 0.469 e. The molecule has 0 saturated heterocycles. The Hall–Kier alpha value is -3.65. The highest BCUT2D eigenvalue weighted by atomic mass is 16.5. The summed E-state index contributed by atoms with van der Waals surface area (Å²) in [6.07, 6.45) is 2.35. The maximum absolute atomic E-state index is 13.2. The van der Waals surface area contributed by atoms with Gasteiger partial charge in [-0.15, -0.1) is 0 Å². The topological polar surface area (TPSA) is 92.8 Å². The zero-order valence-electron chi connectivity index (χ0n) is 17.3. The third-order valence-corrected chi connectivity index (χ3v) is 5.77. The molecule has 0 saturated carbocycles. The van der Waals surface area contributed by atoms with E-state index in [1.807, 2.05) is 31.2 Å². The molecular weight excluding hydrogens is 396 g/mol. The summed E-state index contributed by atoms with van der Waals surface area (Å²) in [6.45, 7) is 3.92. The van der Waals surface area contributed by atoms with Crippen LogP contribution in [0.15, 0.2) is 51.9 Å². The lowest BCUT2D eigenvalue weighted by Gasteiger charge is -2.27. The predicted molar refractivity (Wildman–Crippen MR) is 114 cm³/mol. The monoisotopic (exact) mass is 418 g/mol. The Morgan fingerprint density at radius 1 is 1.26 bits per heavy atom. The molecule has 0 fully saturated rings. The number of methoxy groups -OCH3 is 1. The number of hydrogen-bond acceptors (Lipinski definition) is 6. The quantitative estimate of drug-likeness (QED) is 0.512. The van der Waals surface area contributed by atoms with Gasteiger partial charge in [-0.2, -0.15) is 0 Å². The molecule has 8 nitrogen and oxygen atoms in total. The second-order valence-electron chi connectivity index (χ2n) is 7.75. The van der Waals surface area contributed by atoms with Gasteiger partial charge in [0.05, 0.1) is 35.9 Å². The third kappa shape index (κ3) is 3.44. The fourth-order valence-corrected chi connectivity index (χ4v) is 4.10. The van der Waals surface area contributed by atoms with Crippen LogP contribution in [0.25, 0.3) is 16.9 Å². The first-order valence-corrected chi connectivity index (χ1v) is 10.1. The summed E-state index contributed by atoms with van der Waals surface area (Å²) in [5.41, 5.74) is 5.44. The van der Waals surface area contributed by atoms with Crippen LogP contribution in [0.4, 0.5) is 0 Å². The minimum atomic E-state index is -0.350. The first-order valence-electron chi connectivity index (χ1n) is 10.1. The number of hydrogen-bond donors (Lipinski definition) is 1. The zero-order chi connectivity index (χ0) is 21.5. The average Bonchev–Trinajstić information content (AvgIpc) is 3.40. The highest BCUT2D eigenvalue weighted by Crippen LogP contribution is 2.24. The molecule has 4 aromatic rings. The van der Waals surface area contributed by atoms with Gasteiger partial charge in [-0.1, -0.05) is 12.1 Å². The van der Waals surface area contributed by atoms with Crippen LogP contribution >= 0.6 is 0 Å². The van der Waals surface area contributed by atoms with Gasteiger partial charge in [0.25, 0.3) is 5.56 Å². The molecule has 0 unspecified atom stereocenters. The Kier molecular flexibility index (Phi) is 4.71. The third-order valence-electron chi connectivity index (χ3n) is 5.77. The number of aryl methyl sites for hydroxylation is 1. The molecule has 0 spiro atoms. The zero-order valence-corrected chi connectivity index (χ0v) is 17.3. The number of fused-ring (bicyclic) bond motifs is 2. The molecule has 31 heavy (non-hydrogen) atoms. The highest BCUT2D eigenvalue weighted by Gasteiger charge is 2.23. The van der Waals surface area contributed by atoms with Crippen LogP contribution in [-0.4, -0.2) is 39.1 Å². The number of nitrogens with one attached hydrogen (secondary N) is 1. The highest BCUT2D eigenvalue weighted by molar-refractivity contribution is 5.89. The van der Waals surface area contributed by atoms with Gasteiger partial charge < -0.3 is 9.15 Å². The van der Waals surface area contributed by atoms with E-state index in [0.717, 1.165) is 34.8 Å². The molecule has 8 heteroatoms. The SMILES string of the molecule is COC(=O)c1ccc(CN2CCc3nc4cc(-c5ccoc5C)[nH]n4c(=O)c3C2)cc1. The average molecular weight is 418 g/mol. The summed E-state index contributed by atoms with van der Waals surface area (Å²) < 4.78 is 11.6. The number of rotatable bonds is 4. The molecule has 1 aliphatic rings. The van der Waals surface area contributed by atoms with Crippen molar-refractivity contribution in [3.8, 4) is 11.3 Å². The van der Waals surface area contributed by atoms with Crippen LogP contribution in [0, 0.1) is 6.92 Å². The lowest BCUT2D eigenvalue weighted by atomic mass is 10.1. The Morgan fingerprint density at radius 3 is 2.77 bits per heavy atom. The van der Waals surface area contributed by atoms with E-state index in [2.05, 4.69) is 10.00 Å². The molecule has 158 valence electrons. The number of esters is 1. The van der Waals surface area contributed by atoms with Crippen molar-refractivity contribution in [1.82, 2.24) is 19.5 Å². The predicted octanol–water partition coefficient (Wildman–Crippen LogP) is 2.94. The molecule has 1 aromatic carbocycles. The van der Waals surface area contributed by atoms with Crippen molar-refractivity contribution in [2.75, 3.05) is 13.7 Å². The van der Waals surface area contributed by atoms with Crippen molar-refractivity contribution in [3.63, 3.8) is 0 Å². The number of nitrogens with zero attached hydrogens (tertiary/aromatic N) is 3. The van der Waals surface area contributed by atoms with E-state index in [9.17, 15) is 9.59 Å². The number of aromatic nitrogens is 3. The first-order chi connectivity index (χ1) is 15.0. The van der Waals surface area contributed by atoms with Gasteiger partial charge in [-0.25, -0.2) is 14.3 Å². The van der Waals surface area contributed by atoms with Crippen molar-refractivity contribution in [1.29, 1.82) is 0 Å². The van der Waals surface area contributed by atoms with Crippen LogP contribution in [0.5, 0.6) is 0 Å². The molecule has 1 aliphatic heterocycles. The molecule has 1 N–H and O–H groups in total. The summed E-state index contributed by atoms with van der Waals surface area (Å²) >= 11 is 0. The summed E-state index contributed by atoms with van der Waals surface area (Å²) in [5, 5.41) is 3.16. The number of benzene rings is 1. The number of furan rings is 1. The van der Waals surface area contributed by atoms with Crippen molar-refractivity contribution in [3.05, 3.63) is 81.2 Å². The van der Waals surface area contributed by atoms with Crippen LogP contribution in [0.1, 0.15) is 32.9 Å². The number of ether oxygens (including phenoxy) is 1. The maximum Gasteiger partial charge on any atom is 0.337 e. The number of aromatic amines is 1. The second kappa shape index (κ2) is 7.55. The molecule has 5 rings (SSSR count). The fourth-order valence-electron chi connectivity index (χ4n) is 4.10. The molecule has 3 aromatic heterocycles. The van der Waals surface area contributed by atoms with Crippen LogP contribution < -0.4 is 5.56 Å². The van der Waals surface area contributed by atoms with Crippen molar-refractivity contribution in [2.24, 2.45) is 0 Å². The van der Waals surface area contributed by atoms with E-state index in [-0.39, 0.29) is 11.5 Å². The van der Waals surface area contributed by atoms with E-state index >= 15 is 0 Å². The van der Waals surface area contributed by atoms with E-state index in [1.165, 1.54) is 11.6 Å². The van der Waals surface area contributed by atoms with Crippen molar-refractivity contribution < 1.29 is 13.9 Å². The van der Waals surface area contributed by atoms with Gasteiger partial charge in [0.1, 0.15) is 5.76 Å². The first kappa shape index (κ1) is 19.3. The summed E-state index contributed by atoms with van der Waals surface area (Å²) in [5.74, 6) is 0.436. The molecule has 0 amide bonds. The lowest BCUT2D eigenvalue weighted by molar-refractivity contribution is 0.0600. The molecular formula is C23H22N4O4. The summed E-state index contributed by atoms with van der Waals surface area (Å²) in [6, 6.07) is 11.1. The maximum atomic E-state index is 13.2. The Bertz CT molecular complexity index is 1330. The molecule has 0 atom stereocenters. The molecule has 0 aliphatic carbocycles. The van der Waals surface area contributed by atoms with Crippen LogP contribution in [-0.2, 0) is 24.2 Å². The molecule has 0 radical (unpaired) electrons. The van der Waals surface area contributed by atoms with Crippen molar-refractivity contribution >= 4 is 11.6 Å². The Labute approximate surface area is 178 Å². The molecule has 4 heterocycles. The van der Waals surface area contributed by atoms with Crippen LogP contribution in [0.2, 0.25) is 0 Å². The minimum absolute atomic E-state index is 0.0712. The van der Waals surface area contributed by atoms with Gasteiger partial charge in [0.15, 0.2) is 5.65 Å². The van der Waals surface area contributed by atoms with Gasteiger partial charge in [0, 0.05) is 37.7 Å². The van der Waals surface area contributed by atoms with Gasteiger partial charge in [0.2, 0.25) is 0 Å². The Balaban J connectivity index is 1.41. The van der Waals surface area contributed by atoms with E-state index in [1.54, 1.807) is 18.4 Å². The van der Waals surface area contributed by atoms with Crippen molar-refractivity contribution in [2.45, 2.75) is 26.4 Å². The van der Waals surface area contributed by atoms with Gasteiger partial charge in [-0.3, -0.25) is 14.8 Å².